The van der Waals surface area contributed by atoms with Crippen LogP contribution in [-0.4, -0.2) is 18.9 Å². The van der Waals surface area contributed by atoms with Gasteiger partial charge in [0.2, 0.25) is 0 Å². The summed E-state index contributed by atoms with van der Waals surface area (Å²) < 4.78 is 11.6. The summed E-state index contributed by atoms with van der Waals surface area (Å²) in [5, 5.41) is 7.41. The molecule has 0 aliphatic heterocycles. The quantitative estimate of drug-likeness (QED) is 0.346. The molecule has 0 saturated carbocycles. The summed E-state index contributed by atoms with van der Waals surface area (Å²) in [6, 6.07) is 20.1. The van der Waals surface area contributed by atoms with Crippen molar-refractivity contribution in [3.63, 3.8) is 0 Å². The molecular formula is C24H24ClN3O3. The average Bonchev–Trinajstić information content (AvgIpc) is 2.76. The van der Waals surface area contributed by atoms with E-state index in [0.29, 0.717) is 29.7 Å². The van der Waals surface area contributed by atoms with E-state index in [1.54, 1.807) is 12.1 Å². The van der Waals surface area contributed by atoms with E-state index in [-0.39, 0.29) is 0 Å². The molecule has 0 fully saturated rings. The van der Waals surface area contributed by atoms with Gasteiger partial charge in [0, 0.05) is 16.3 Å². The summed E-state index contributed by atoms with van der Waals surface area (Å²) in [6.07, 6.45) is 1.54. The van der Waals surface area contributed by atoms with E-state index in [1.165, 1.54) is 6.21 Å². The van der Waals surface area contributed by atoms with E-state index < -0.39 is 6.03 Å². The first-order valence-corrected chi connectivity index (χ1v) is 10.2. The van der Waals surface area contributed by atoms with Crippen LogP contribution >= 0.6 is 11.6 Å². The van der Waals surface area contributed by atoms with Crippen LogP contribution in [0.1, 0.15) is 23.6 Å². The second-order valence-electron chi connectivity index (χ2n) is 6.66. The Morgan fingerprint density at radius 2 is 1.81 bits per heavy atom. The van der Waals surface area contributed by atoms with Gasteiger partial charge in [-0.15, -0.1) is 0 Å². The lowest BCUT2D eigenvalue weighted by Crippen LogP contribution is -2.24. The molecule has 0 atom stereocenters. The third-order valence-electron chi connectivity index (χ3n) is 4.38. The summed E-state index contributed by atoms with van der Waals surface area (Å²) in [6.45, 7) is 4.63. The summed E-state index contributed by atoms with van der Waals surface area (Å²) in [7, 11) is 0. The van der Waals surface area contributed by atoms with E-state index in [0.717, 1.165) is 22.4 Å². The van der Waals surface area contributed by atoms with Gasteiger partial charge in [-0.05, 0) is 55.3 Å². The van der Waals surface area contributed by atoms with Gasteiger partial charge < -0.3 is 14.8 Å². The fourth-order valence-corrected chi connectivity index (χ4v) is 2.98. The van der Waals surface area contributed by atoms with Crippen molar-refractivity contribution < 1.29 is 14.3 Å². The number of nitrogens with zero attached hydrogens (tertiary/aromatic N) is 1. The Hall–Kier alpha value is -3.51. The highest BCUT2D eigenvalue weighted by molar-refractivity contribution is 6.31. The highest BCUT2D eigenvalue weighted by Gasteiger charge is 2.08. The van der Waals surface area contributed by atoms with Crippen molar-refractivity contribution in [3.8, 4) is 11.5 Å². The normalized spacial score (nSPS) is 10.7. The lowest BCUT2D eigenvalue weighted by atomic mass is 10.2. The number of halogens is 1. The van der Waals surface area contributed by atoms with E-state index >= 15 is 0 Å². The smallest absolute Gasteiger partial charge is 0.339 e. The number of hydrazone groups is 1. The molecule has 0 spiro atoms. The second-order valence-corrected chi connectivity index (χ2v) is 7.07. The summed E-state index contributed by atoms with van der Waals surface area (Å²) in [4.78, 5) is 12.0. The molecule has 0 aliphatic carbocycles. The molecule has 0 unspecified atom stereocenters. The van der Waals surface area contributed by atoms with Crippen LogP contribution in [0.5, 0.6) is 11.5 Å². The Morgan fingerprint density at radius 3 is 2.58 bits per heavy atom. The standard InChI is InChI=1S/C24H24ClN3O3/c1-3-30-23-14-18(12-13-22(23)31-16-19-9-5-6-10-20(19)25)15-26-28-24(29)27-21-11-7-4-8-17(21)2/h4-15H,3,16H2,1-2H3,(H2,27,28,29). The molecule has 0 aliphatic rings. The molecule has 3 aromatic carbocycles. The summed E-state index contributed by atoms with van der Waals surface area (Å²) in [5.74, 6) is 1.19. The Labute approximate surface area is 186 Å². The predicted molar refractivity (Wildman–Crippen MR) is 124 cm³/mol. The molecule has 160 valence electrons. The van der Waals surface area contributed by atoms with Crippen molar-refractivity contribution in [2.24, 2.45) is 5.10 Å². The molecule has 0 radical (unpaired) electrons. The number of carbonyl (C=O) groups excluding carboxylic acids is 1. The molecular weight excluding hydrogens is 414 g/mol. The Morgan fingerprint density at radius 1 is 1.03 bits per heavy atom. The number of hydrogen-bond acceptors (Lipinski definition) is 4. The lowest BCUT2D eigenvalue weighted by molar-refractivity contribution is 0.252. The predicted octanol–water partition coefficient (Wildman–Crippen LogP) is 5.78. The number of nitrogens with one attached hydrogen (secondary N) is 2. The van der Waals surface area contributed by atoms with Gasteiger partial charge in [-0.3, -0.25) is 0 Å². The van der Waals surface area contributed by atoms with E-state index in [4.69, 9.17) is 21.1 Å². The van der Waals surface area contributed by atoms with Gasteiger partial charge in [0.1, 0.15) is 6.61 Å². The minimum atomic E-state index is -0.421. The fraction of sp³-hybridized carbons (Fsp3) is 0.167. The minimum Gasteiger partial charge on any atom is -0.490 e. The molecule has 3 rings (SSSR count). The van der Waals surface area contributed by atoms with Crippen LogP contribution in [0.3, 0.4) is 0 Å². The topological polar surface area (TPSA) is 72.0 Å². The van der Waals surface area contributed by atoms with Crippen LogP contribution in [0.25, 0.3) is 0 Å². The zero-order chi connectivity index (χ0) is 22.1. The van der Waals surface area contributed by atoms with Crippen molar-refractivity contribution in [2.45, 2.75) is 20.5 Å². The Balaban J connectivity index is 1.62. The fourth-order valence-electron chi connectivity index (χ4n) is 2.79. The van der Waals surface area contributed by atoms with Crippen molar-refractivity contribution in [1.82, 2.24) is 5.43 Å². The zero-order valence-electron chi connectivity index (χ0n) is 17.4. The molecule has 3 aromatic rings. The van der Waals surface area contributed by atoms with E-state index in [2.05, 4.69) is 15.8 Å². The first-order valence-electron chi connectivity index (χ1n) is 9.85. The van der Waals surface area contributed by atoms with Gasteiger partial charge in [-0.1, -0.05) is 48.0 Å². The van der Waals surface area contributed by atoms with Crippen LogP contribution in [0.2, 0.25) is 5.02 Å². The molecule has 31 heavy (non-hydrogen) atoms. The third kappa shape index (κ3) is 6.49. The number of carbonyl (C=O) groups is 1. The largest absolute Gasteiger partial charge is 0.490 e. The number of anilines is 1. The molecule has 0 bridgehead atoms. The van der Waals surface area contributed by atoms with E-state index in [1.807, 2.05) is 68.4 Å². The first kappa shape index (κ1) is 22.2. The minimum absolute atomic E-state index is 0.327. The third-order valence-corrected chi connectivity index (χ3v) is 4.75. The van der Waals surface area contributed by atoms with Crippen molar-refractivity contribution >= 4 is 29.5 Å². The van der Waals surface area contributed by atoms with Gasteiger partial charge in [0.25, 0.3) is 0 Å². The molecule has 7 heteroatoms. The number of urea groups is 1. The van der Waals surface area contributed by atoms with Crippen LogP contribution in [-0.2, 0) is 6.61 Å². The molecule has 2 amide bonds. The number of hydrogen-bond donors (Lipinski definition) is 2. The summed E-state index contributed by atoms with van der Waals surface area (Å²) >= 11 is 6.19. The molecule has 0 saturated heterocycles. The number of ether oxygens (including phenoxy) is 2. The maximum absolute atomic E-state index is 12.0. The van der Waals surface area contributed by atoms with Crippen molar-refractivity contribution in [2.75, 3.05) is 11.9 Å². The van der Waals surface area contributed by atoms with Crippen LogP contribution in [0, 0.1) is 6.92 Å². The average molecular weight is 438 g/mol. The number of aryl methyl sites for hydroxylation is 1. The van der Waals surface area contributed by atoms with Crippen LogP contribution in [0.15, 0.2) is 71.8 Å². The lowest BCUT2D eigenvalue weighted by Gasteiger charge is -2.13. The number of rotatable bonds is 8. The van der Waals surface area contributed by atoms with Gasteiger partial charge in [0.15, 0.2) is 11.5 Å². The maximum Gasteiger partial charge on any atom is 0.339 e. The monoisotopic (exact) mass is 437 g/mol. The summed E-state index contributed by atoms with van der Waals surface area (Å²) in [5.41, 5.74) is 5.80. The SMILES string of the molecule is CCOc1cc(C=NNC(=O)Nc2ccccc2C)ccc1OCc1ccccc1Cl. The highest BCUT2D eigenvalue weighted by Crippen LogP contribution is 2.29. The highest BCUT2D eigenvalue weighted by atomic mass is 35.5. The van der Waals surface area contributed by atoms with Crippen LogP contribution < -0.4 is 20.2 Å². The Bertz CT molecular complexity index is 1070. The number of para-hydroxylation sites is 1. The van der Waals surface area contributed by atoms with Crippen molar-refractivity contribution in [1.29, 1.82) is 0 Å². The zero-order valence-corrected chi connectivity index (χ0v) is 18.1. The van der Waals surface area contributed by atoms with Crippen molar-refractivity contribution in [3.05, 3.63) is 88.4 Å². The van der Waals surface area contributed by atoms with Gasteiger partial charge >= 0.3 is 6.03 Å². The molecule has 0 heterocycles. The molecule has 6 nitrogen and oxygen atoms in total. The first-order chi connectivity index (χ1) is 15.1. The van der Waals surface area contributed by atoms with Gasteiger partial charge in [0.05, 0.1) is 12.8 Å². The molecule has 2 N–H and O–H groups in total. The van der Waals surface area contributed by atoms with E-state index in [9.17, 15) is 4.79 Å². The van der Waals surface area contributed by atoms with Gasteiger partial charge in [-0.25, -0.2) is 10.2 Å². The Kier molecular flexibility index (Phi) is 7.90. The van der Waals surface area contributed by atoms with Gasteiger partial charge in [-0.2, -0.15) is 5.10 Å². The number of amides is 2. The molecule has 0 aromatic heterocycles. The maximum atomic E-state index is 12.0. The van der Waals surface area contributed by atoms with Crippen LogP contribution in [0.4, 0.5) is 10.5 Å². The number of benzene rings is 3. The second kappa shape index (κ2) is 11.0.